The zero-order valence-corrected chi connectivity index (χ0v) is 18.2. The fourth-order valence-corrected chi connectivity index (χ4v) is 3.56. The van der Waals surface area contributed by atoms with E-state index in [-0.39, 0.29) is 12.2 Å². The van der Waals surface area contributed by atoms with Crippen LogP contribution >= 0.6 is 11.6 Å². The molecule has 0 fully saturated rings. The molecule has 0 spiro atoms. The van der Waals surface area contributed by atoms with Crippen LogP contribution in [0, 0.1) is 0 Å². The number of aromatic nitrogens is 2. The van der Waals surface area contributed by atoms with Gasteiger partial charge < -0.3 is 14.8 Å². The second-order valence-electron chi connectivity index (χ2n) is 7.37. The highest BCUT2D eigenvalue weighted by molar-refractivity contribution is 6.31. The maximum atomic E-state index is 12.4. The van der Waals surface area contributed by atoms with Gasteiger partial charge in [0.25, 0.3) is 5.56 Å². The summed E-state index contributed by atoms with van der Waals surface area (Å²) in [6.45, 7) is 5.97. The van der Waals surface area contributed by atoms with Crippen molar-refractivity contribution in [3.8, 4) is 5.75 Å². The van der Waals surface area contributed by atoms with Gasteiger partial charge in [0.15, 0.2) is 0 Å². The van der Waals surface area contributed by atoms with Crippen molar-refractivity contribution < 1.29 is 9.84 Å². The smallest absolute Gasteiger partial charge is 0.258 e. The Balaban J connectivity index is 1.65. The number of rotatable bonds is 10. The van der Waals surface area contributed by atoms with Gasteiger partial charge >= 0.3 is 0 Å². The van der Waals surface area contributed by atoms with Crippen molar-refractivity contribution in [1.82, 2.24) is 14.9 Å². The summed E-state index contributed by atoms with van der Waals surface area (Å²) in [5.74, 6) is 1.31. The zero-order chi connectivity index (χ0) is 21.5. The number of hydrogen-bond acceptors (Lipinski definition) is 5. The summed E-state index contributed by atoms with van der Waals surface area (Å²) in [6, 6.07) is 12.9. The van der Waals surface area contributed by atoms with Crippen molar-refractivity contribution in [2.24, 2.45) is 0 Å². The highest BCUT2D eigenvalue weighted by Gasteiger charge is 2.15. The predicted molar refractivity (Wildman–Crippen MR) is 120 cm³/mol. The van der Waals surface area contributed by atoms with Crippen LogP contribution in [0.15, 0.2) is 47.3 Å². The van der Waals surface area contributed by atoms with E-state index in [2.05, 4.69) is 34.8 Å². The second kappa shape index (κ2) is 10.6. The lowest BCUT2D eigenvalue weighted by atomic mass is 10.2. The first kappa shape index (κ1) is 22.3. The number of benzene rings is 2. The zero-order valence-electron chi connectivity index (χ0n) is 17.4. The van der Waals surface area contributed by atoms with Crippen molar-refractivity contribution in [2.75, 3.05) is 19.7 Å². The summed E-state index contributed by atoms with van der Waals surface area (Å²) in [7, 11) is 0. The minimum Gasteiger partial charge on any atom is -0.491 e. The number of aryl methyl sites for hydroxylation is 1. The molecule has 0 bridgehead atoms. The molecule has 0 aliphatic heterocycles. The number of hydrogen-bond donors (Lipinski definition) is 2. The van der Waals surface area contributed by atoms with E-state index in [1.807, 2.05) is 18.2 Å². The molecule has 3 aromatic rings. The molecule has 0 saturated carbocycles. The Kier molecular flexibility index (Phi) is 7.85. The molecule has 160 valence electrons. The Labute approximate surface area is 181 Å². The average molecular weight is 430 g/mol. The van der Waals surface area contributed by atoms with Gasteiger partial charge in [-0.1, -0.05) is 37.6 Å². The molecule has 1 heterocycles. The number of ether oxygens (including phenoxy) is 1. The lowest BCUT2D eigenvalue weighted by Gasteiger charge is -2.24. The Morgan fingerprint density at radius 3 is 2.83 bits per heavy atom. The second-order valence-corrected chi connectivity index (χ2v) is 7.81. The van der Waals surface area contributed by atoms with E-state index in [4.69, 9.17) is 16.3 Å². The summed E-state index contributed by atoms with van der Waals surface area (Å²) in [5, 5.41) is 11.5. The van der Waals surface area contributed by atoms with Crippen molar-refractivity contribution in [2.45, 2.75) is 39.3 Å². The van der Waals surface area contributed by atoms with E-state index in [0.717, 1.165) is 25.1 Å². The number of aromatic amines is 1. The number of aliphatic hydroxyl groups is 1. The van der Waals surface area contributed by atoms with Gasteiger partial charge in [0.1, 0.15) is 24.3 Å². The van der Waals surface area contributed by atoms with Gasteiger partial charge in [0, 0.05) is 11.6 Å². The van der Waals surface area contributed by atoms with Crippen molar-refractivity contribution in [1.29, 1.82) is 0 Å². The first-order valence-corrected chi connectivity index (χ1v) is 10.7. The first-order chi connectivity index (χ1) is 14.5. The van der Waals surface area contributed by atoms with Crippen LogP contribution in [-0.2, 0) is 13.0 Å². The largest absolute Gasteiger partial charge is 0.491 e. The van der Waals surface area contributed by atoms with E-state index in [1.54, 1.807) is 18.2 Å². The Bertz CT molecular complexity index is 1040. The summed E-state index contributed by atoms with van der Waals surface area (Å²) >= 11 is 6.04. The molecular weight excluding hydrogens is 402 g/mol. The maximum absolute atomic E-state index is 12.4. The van der Waals surface area contributed by atoms with Gasteiger partial charge in [-0.3, -0.25) is 9.69 Å². The maximum Gasteiger partial charge on any atom is 0.258 e. The molecule has 2 aromatic carbocycles. The molecule has 30 heavy (non-hydrogen) atoms. The van der Waals surface area contributed by atoms with E-state index in [0.29, 0.717) is 34.8 Å². The minimum atomic E-state index is -0.663. The summed E-state index contributed by atoms with van der Waals surface area (Å²) < 4.78 is 5.76. The molecular formula is C23H28ClN3O3. The fraction of sp³-hybridized carbons (Fsp3) is 0.391. The third kappa shape index (κ3) is 6.05. The highest BCUT2D eigenvalue weighted by Crippen LogP contribution is 2.16. The molecule has 0 aliphatic carbocycles. The molecule has 1 aromatic heterocycles. The molecule has 2 N–H and O–H groups in total. The number of fused-ring (bicyclic) bond motifs is 1. The number of aliphatic hydroxyl groups excluding tert-OH is 1. The Hall–Kier alpha value is -2.41. The Morgan fingerprint density at radius 1 is 1.23 bits per heavy atom. The number of nitrogens with zero attached hydrogens (tertiary/aromatic N) is 2. The van der Waals surface area contributed by atoms with Crippen LogP contribution in [0.2, 0.25) is 5.02 Å². The summed E-state index contributed by atoms with van der Waals surface area (Å²) in [5.41, 5.74) is 1.57. The van der Waals surface area contributed by atoms with Gasteiger partial charge in [0.2, 0.25) is 0 Å². The lowest BCUT2D eigenvalue weighted by Crippen LogP contribution is -2.36. The third-order valence-electron chi connectivity index (χ3n) is 4.85. The standard InChI is InChI=1S/C23H28ClN3O3/c1-3-10-27(13-18(28)15-30-19-7-5-6-16(4-2)11-19)14-22-25-21-12-17(24)8-9-20(21)23(29)26-22/h5-9,11-12,18,28H,3-4,10,13-15H2,1-2H3,(H,25,26,29). The van der Waals surface area contributed by atoms with Gasteiger partial charge in [-0.2, -0.15) is 0 Å². The van der Waals surface area contributed by atoms with Crippen LogP contribution in [0.5, 0.6) is 5.75 Å². The minimum absolute atomic E-state index is 0.192. The quantitative estimate of drug-likeness (QED) is 0.512. The molecule has 1 unspecified atom stereocenters. The summed E-state index contributed by atoms with van der Waals surface area (Å²) in [6.07, 6.45) is 1.19. The van der Waals surface area contributed by atoms with Crippen LogP contribution < -0.4 is 10.3 Å². The Morgan fingerprint density at radius 2 is 2.07 bits per heavy atom. The van der Waals surface area contributed by atoms with Crippen molar-refractivity contribution in [3.05, 3.63) is 69.2 Å². The molecule has 0 amide bonds. The van der Waals surface area contributed by atoms with Crippen LogP contribution in [0.1, 0.15) is 31.7 Å². The topological polar surface area (TPSA) is 78.5 Å². The van der Waals surface area contributed by atoms with Crippen LogP contribution in [-0.4, -0.2) is 45.8 Å². The van der Waals surface area contributed by atoms with E-state index >= 15 is 0 Å². The van der Waals surface area contributed by atoms with Crippen molar-refractivity contribution in [3.63, 3.8) is 0 Å². The molecule has 0 saturated heterocycles. The van der Waals surface area contributed by atoms with E-state index in [1.165, 1.54) is 5.56 Å². The van der Waals surface area contributed by atoms with Crippen LogP contribution in [0.3, 0.4) is 0 Å². The summed E-state index contributed by atoms with van der Waals surface area (Å²) in [4.78, 5) is 21.8. The number of halogens is 1. The van der Waals surface area contributed by atoms with Gasteiger partial charge in [-0.05, 0) is 55.3 Å². The fourth-order valence-electron chi connectivity index (χ4n) is 3.40. The van der Waals surface area contributed by atoms with Gasteiger partial charge in [0.05, 0.1) is 17.4 Å². The van der Waals surface area contributed by atoms with Gasteiger partial charge in [-0.25, -0.2) is 4.98 Å². The van der Waals surface area contributed by atoms with Crippen LogP contribution in [0.25, 0.3) is 10.9 Å². The average Bonchev–Trinajstić information content (AvgIpc) is 2.72. The molecule has 0 radical (unpaired) electrons. The molecule has 3 rings (SSSR count). The third-order valence-corrected chi connectivity index (χ3v) is 5.08. The van der Waals surface area contributed by atoms with Gasteiger partial charge in [-0.15, -0.1) is 0 Å². The monoisotopic (exact) mass is 429 g/mol. The highest BCUT2D eigenvalue weighted by atomic mass is 35.5. The van der Waals surface area contributed by atoms with E-state index in [9.17, 15) is 9.90 Å². The van der Waals surface area contributed by atoms with Crippen molar-refractivity contribution >= 4 is 22.5 Å². The molecule has 6 nitrogen and oxygen atoms in total. The molecule has 0 aliphatic rings. The predicted octanol–water partition coefficient (Wildman–Crippen LogP) is 3.79. The normalized spacial score (nSPS) is 12.4. The lowest BCUT2D eigenvalue weighted by molar-refractivity contribution is 0.0647. The number of H-pyrrole nitrogens is 1. The SMILES string of the molecule is CCCN(Cc1nc2cc(Cl)ccc2c(=O)[nH]1)CC(O)COc1cccc(CC)c1. The van der Waals surface area contributed by atoms with E-state index < -0.39 is 6.10 Å². The first-order valence-electron chi connectivity index (χ1n) is 10.3. The molecule has 7 heteroatoms. The number of nitrogens with one attached hydrogen (secondary N) is 1. The van der Waals surface area contributed by atoms with Crippen LogP contribution in [0.4, 0.5) is 0 Å². The molecule has 1 atom stereocenters.